The van der Waals surface area contributed by atoms with Crippen molar-refractivity contribution < 1.29 is 23.5 Å². The summed E-state index contributed by atoms with van der Waals surface area (Å²) < 4.78 is 15.5. The summed E-state index contributed by atoms with van der Waals surface area (Å²) in [6.45, 7) is 2.48. The number of nitrogens with zero attached hydrogens (tertiary/aromatic N) is 1. The maximum atomic E-state index is 12.5. The monoisotopic (exact) mass is 345 g/mol. The van der Waals surface area contributed by atoms with Crippen LogP contribution in [0.4, 0.5) is 0 Å². The number of hydrogen-bond donors (Lipinski definition) is 0. The number of furan rings is 1. The molecule has 0 aliphatic rings. The molecule has 6 nitrogen and oxygen atoms in total. The van der Waals surface area contributed by atoms with Crippen LogP contribution < -0.4 is 4.74 Å². The van der Waals surface area contributed by atoms with Crippen molar-refractivity contribution in [2.24, 2.45) is 0 Å². The second kappa shape index (κ2) is 9.52. The van der Waals surface area contributed by atoms with Gasteiger partial charge in [0.05, 0.1) is 26.3 Å². The van der Waals surface area contributed by atoms with Gasteiger partial charge in [0.25, 0.3) is 5.91 Å². The zero-order chi connectivity index (χ0) is 18.1. The van der Waals surface area contributed by atoms with Gasteiger partial charge in [0, 0.05) is 6.54 Å². The first-order chi connectivity index (χ1) is 12.1. The van der Waals surface area contributed by atoms with Crippen molar-refractivity contribution in [2.45, 2.75) is 26.3 Å². The van der Waals surface area contributed by atoms with Gasteiger partial charge in [0.15, 0.2) is 6.61 Å². The molecule has 2 aromatic rings. The average Bonchev–Trinajstić information content (AvgIpc) is 3.16. The molecule has 134 valence electrons. The van der Waals surface area contributed by atoms with E-state index in [1.165, 1.54) is 12.0 Å². The fraction of sp³-hybridized carbons (Fsp3) is 0.368. The Kier molecular flexibility index (Phi) is 7.07. The molecule has 0 bridgehead atoms. The predicted molar refractivity (Wildman–Crippen MR) is 92.1 cm³/mol. The molecule has 0 aliphatic carbocycles. The summed E-state index contributed by atoms with van der Waals surface area (Å²) in [7, 11) is 1.32. The second-order valence-electron chi connectivity index (χ2n) is 5.51. The molecule has 1 heterocycles. The van der Waals surface area contributed by atoms with Crippen LogP contribution in [0.15, 0.2) is 47.1 Å². The molecule has 1 aromatic heterocycles. The van der Waals surface area contributed by atoms with E-state index in [1.54, 1.807) is 18.4 Å². The van der Waals surface area contributed by atoms with Crippen molar-refractivity contribution in [3.05, 3.63) is 54.0 Å². The SMILES string of the molecule is CCc1cccc(OCC(=O)N(CCC(=O)OC)Cc2ccco2)c1. The Labute approximate surface area is 147 Å². The molecule has 0 spiro atoms. The molecule has 0 fully saturated rings. The molecule has 2 rings (SSSR count). The highest BCUT2D eigenvalue weighted by Crippen LogP contribution is 2.14. The molecule has 0 unspecified atom stereocenters. The lowest BCUT2D eigenvalue weighted by Crippen LogP contribution is -2.36. The van der Waals surface area contributed by atoms with E-state index < -0.39 is 0 Å². The van der Waals surface area contributed by atoms with Gasteiger partial charge < -0.3 is 18.8 Å². The van der Waals surface area contributed by atoms with Crippen LogP contribution in [0.1, 0.15) is 24.7 Å². The van der Waals surface area contributed by atoms with Crippen LogP contribution in [0.3, 0.4) is 0 Å². The first kappa shape index (κ1) is 18.6. The van der Waals surface area contributed by atoms with Gasteiger partial charge >= 0.3 is 5.97 Å². The van der Waals surface area contributed by atoms with E-state index in [2.05, 4.69) is 11.7 Å². The molecule has 0 saturated carbocycles. The molecular weight excluding hydrogens is 322 g/mol. The van der Waals surface area contributed by atoms with Crippen LogP contribution >= 0.6 is 0 Å². The first-order valence-corrected chi connectivity index (χ1v) is 8.21. The van der Waals surface area contributed by atoms with Gasteiger partial charge in [-0.1, -0.05) is 19.1 Å². The minimum atomic E-state index is -0.367. The minimum Gasteiger partial charge on any atom is -0.484 e. The van der Waals surface area contributed by atoms with Gasteiger partial charge in [-0.3, -0.25) is 9.59 Å². The smallest absolute Gasteiger partial charge is 0.307 e. The number of amides is 1. The van der Waals surface area contributed by atoms with Gasteiger partial charge in [-0.25, -0.2) is 0 Å². The van der Waals surface area contributed by atoms with Crippen LogP contribution in [-0.2, 0) is 27.3 Å². The topological polar surface area (TPSA) is 69.0 Å². The number of carbonyl (C=O) groups excluding carboxylic acids is 2. The Balaban J connectivity index is 1.96. The van der Waals surface area contributed by atoms with Gasteiger partial charge in [0.2, 0.25) is 0 Å². The lowest BCUT2D eigenvalue weighted by molar-refractivity contribution is -0.142. The number of methoxy groups -OCH3 is 1. The van der Waals surface area contributed by atoms with Crippen molar-refractivity contribution in [1.29, 1.82) is 0 Å². The zero-order valence-corrected chi connectivity index (χ0v) is 14.6. The standard InChI is InChI=1S/C19H23NO5/c1-3-15-6-4-7-16(12-15)25-14-18(21)20(10-9-19(22)23-2)13-17-8-5-11-24-17/h4-8,11-12H,3,9-10,13-14H2,1-2H3. The molecule has 0 aliphatic heterocycles. The van der Waals surface area contributed by atoms with Crippen LogP contribution in [0.25, 0.3) is 0 Å². The summed E-state index contributed by atoms with van der Waals surface area (Å²) in [6, 6.07) is 11.2. The number of hydrogen-bond acceptors (Lipinski definition) is 5. The summed E-state index contributed by atoms with van der Waals surface area (Å²) in [6.07, 6.45) is 2.56. The lowest BCUT2D eigenvalue weighted by atomic mass is 10.2. The van der Waals surface area contributed by atoms with E-state index in [9.17, 15) is 9.59 Å². The molecule has 25 heavy (non-hydrogen) atoms. The van der Waals surface area contributed by atoms with Crippen molar-refractivity contribution in [3.63, 3.8) is 0 Å². The third-order valence-electron chi connectivity index (χ3n) is 3.76. The Bertz CT molecular complexity index is 681. The molecular formula is C19H23NO5. The van der Waals surface area contributed by atoms with Crippen molar-refractivity contribution in [3.8, 4) is 5.75 Å². The first-order valence-electron chi connectivity index (χ1n) is 8.21. The van der Waals surface area contributed by atoms with E-state index in [0.717, 1.165) is 12.0 Å². The lowest BCUT2D eigenvalue weighted by Gasteiger charge is -2.21. The van der Waals surface area contributed by atoms with Crippen molar-refractivity contribution in [1.82, 2.24) is 4.90 Å². The van der Waals surface area contributed by atoms with Gasteiger partial charge in [-0.15, -0.1) is 0 Å². The summed E-state index contributed by atoms with van der Waals surface area (Å²) in [5.74, 6) is 0.709. The Hall–Kier alpha value is -2.76. The molecule has 0 saturated heterocycles. The normalized spacial score (nSPS) is 10.3. The molecule has 1 amide bonds. The Morgan fingerprint density at radius 1 is 1.20 bits per heavy atom. The zero-order valence-electron chi connectivity index (χ0n) is 14.6. The van der Waals surface area contributed by atoms with Gasteiger partial charge in [0.1, 0.15) is 11.5 Å². The third-order valence-corrected chi connectivity index (χ3v) is 3.76. The van der Waals surface area contributed by atoms with E-state index in [1.807, 2.05) is 24.3 Å². The fourth-order valence-electron chi connectivity index (χ4n) is 2.30. The van der Waals surface area contributed by atoms with Crippen LogP contribution in [0.2, 0.25) is 0 Å². The van der Waals surface area contributed by atoms with Crippen LogP contribution in [0, 0.1) is 0 Å². The van der Waals surface area contributed by atoms with E-state index in [-0.39, 0.29) is 38.0 Å². The number of rotatable bonds is 9. The summed E-state index contributed by atoms with van der Waals surface area (Å²) in [5, 5.41) is 0. The fourth-order valence-corrected chi connectivity index (χ4v) is 2.30. The quantitative estimate of drug-likeness (QED) is 0.654. The molecule has 1 aromatic carbocycles. The Morgan fingerprint density at radius 3 is 2.72 bits per heavy atom. The summed E-state index contributed by atoms with van der Waals surface area (Å²) in [5.41, 5.74) is 1.14. The molecule has 0 radical (unpaired) electrons. The average molecular weight is 345 g/mol. The summed E-state index contributed by atoms with van der Waals surface area (Å²) in [4.78, 5) is 25.4. The highest BCUT2D eigenvalue weighted by Gasteiger charge is 2.17. The largest absolute Gasteiger partial charge is 0.484 e. The van der Waals surface area contributed by atoms with Crippen molar-refractivity contribution in [2.75, 3.05) is 20.3 Å². The number of benzene rings is 1. The van der Waals surface area contributed by atoms with Crippen LogP contribution in [-0.4, -0.2) is 37.0 Å². The second-order valence-corrected chi connectivity index (χ2v) is 5.51. The number of aryl methyl sites for hydroxylation is 1. The number of esters is 1. The third kappa shape index (κ3) is 5.99. The van der Waals surface area contributed by atoms with Gasteiger partial charge in [-0.05, 0) is 36.2 Å². The van der Waals surface area contributed by atoms with Crippen LogP contribution in [0.5, 0.6) is 5.75 Å². The maximum absolute atomic E-state index is 12.5. The predicted octanol–water partition coefficient (Wildman–Crippen LogP) is 2.81. The van der Waals surface area contributed by atoms with E-state index in [0.29, 0.717) is 11.5 Å². The Morgan fingerprint density at radius 2 is 2.04 bits per heavy atom. The number of carbonyl (C=O) groups is 2. The highest BCUT2D eigenvalue weighted by atomic mass is 16.5. The van der Waals surface area contributed by atoms with Gasteiger partial charge in [-0.2, -0.15) is 0 Å². The number of ether oxygens (including phenoxy) is 2. The van der Waals surface area contributed by atoms with E-state index in [4.69, 9.17) is 9.15 Å². The minimum absolute atomic E-state index is 0.102. The maximum Gasteiger partial charge on any atom is 0.307 e. The molecule has 0 N–H and O–H groups in total. The summed E-state index contributed by atoms with van der Waals surface area (Å²) >= 11 is 0. The molecule has 0 atom stereocenters. The van der Waals surface area contributed by atoms with Crippen molar-refractivity contribution >= 4 is 11.9 Å². The highest BCUT2D eigenvalue weighted by molar-refractivity contribution is 5.78. The molecule has 6 heteroatoms. The van der Waals surface area contributed by atoms with E-state index >= 15 is 0 Å².